The number of β-lactam (4-membered cyclic amide) rings is 1. The van der Waals surface area contributed by atoms with Crippen LogP contribution in [0.4, 0.5) is 9.59 Å². The number of nitrogens with zero attached hydrogens (tertiary/aromatic N) is 2. The zero-order valence-corrected chi connectivity index (χ0v) is 17.8. The van der Waals surface area contributed by atoms with Crippen molar-refractivity contribution in [1.29, 1.82) is 0 Å². The van der Waals surface area contributed by atoms with Gasteiger partial charge in [0.1, 0.15) is 23.2 Å². The van der Waals surface area contributed by atoms with E-state index >= 15 is 0 Å². The van der Waals surface area contributed by atoms with Crippen molar-refractivity contribution in [1.82, 2.24) is 25.8 Å². The minimum absolute atomic E-state index is 0.0581. The van der Waals surface area contributed by atoms with Gasteiger partial charge < -0.3 is 21.1 Å². The summed E-state index contributed by atoms with van der Waals surface area (Å²) in [6.45, 7) is 2.15. The molecule has 0 bridgehead atoms. The molecule has 1 aromatic rings. The Hall–Kier alpha value is -3.54. The number of imide groups is 1. The molecule has 4 rings (SSSR count). The number of hydrogen-bond donors (Lipinski definition) is 4. The van der Waals surface area contributed by atoms with Crippen molar-refractivity contribution >= 4 is 41.6 Å². The summed E-state index contributed by atoms with van der Waals surface area (Å²) in [5.41, 5.74) is 0.993. The van der Waals surface area contributed by atoms with Crippen LogP contribution in [0.1, 0.15) is 18.5 Å². The molecule has 0 saturated carbocycles. The molecule has 3 heterocycles. The van der Waals surface area contributed by atoms with Crippen LogP contribution in [0.3, 0.4) is 0 Å². The number of thioether (sulfide) groups is 1. The van der Waals surface area contributed by atoms with Crippen molar-refractivity contribution in [2.24, 2.45) is 0 Å². The highest BCUT2D eigenvalue weighted by Gasteiger charge is 2.54. The highest BCUT2D eigenvalue weighted by Crippen LogP contribution is 2.40. The summed E-state index contributed by atoms with van der Waals surface area (Å²) >= 11 is 1.36. The smallest absolute Gasteiger partial charge is 0.352 e. The van der Waals surface area contributed by atoms with Gasteiger partial charge >= 0.3 is 18.0 Å². The summed E-state index contributed by atoms with van der Waals surface area (Å²) in [4.78, 5) is 63.9. The summed E-state index contributed by atoms with van der Waals surface area (Å²) in [5.74, 6) is -1.93. The fraction of sp³-hybridized carbons (Fsp3) is 0.350. The number of benzene rings is 1. The lowest BCUT2D eigenvalue weighted by Gasteiger charge is -2.49. The maximum Gasteiger partial charge on any atom is 0.352 e. The van der Waals surface area contributed by atoms with Crippen LogP contribution >= 0.6 is 11.8 Å². The summed E-state index contributed by atoms with van der Waals surface area (Å²) in [6.07, 6.45) is 0. The fourth-order valence-corrected chi connectivity index (χ4v) is 5.12. The highest BCUT2D eigenvalue weighted by atomic mass is 32.2. The molecule has 0 aliphatic carbocycles. The van der Waals surface area contributed by atoms with E-state index in [0.717, 1.165) is 4.90 Å². The lowest BCUT2D eigenvalue weighted by atomic mass is 10.0. The largest absolute Gasteiger partial charge is 0.477 e. The summed E-state index contributed by atoms with van der Waals surface area (Å²) in [5, 5.41) is 16.6. The monoisotopic (exact) mass is 459 g/mol. The van der Waals surface area contributed by atoms with E-state index in [1.807, 2.05) is 0 Å². The summed E-state index contributed by atoms with van der Waals surface area (Å²) in [6, 6.07) is 5.08. The first kappa shape index (κ1) is 21.7. The first-order valence-electron chi connectivity index (χ1n) is 9.88. The van der Waals surface area contributed by atoms with E-state index < -0.39 is 47.3 Å². The number of carbonyl (C=O) groups is 5. The van der Waals surface area contributed by atoms with Gasteiger partial charge in [0, 0.05) is 18.8 Å². The van der Waals surface area contributed by atoms with Crippen LogP contribution in [0.5, 0.6) is 0 Å². The Morgan fingerprint density at radius 1 is 1.22 bits per heavy atom. The molecule has 168 valence electrons. The van der Waals surface area contributed by atoms with Crippen molar-refractivity contribution in [2.45, 2.75) is 24.4 Å². The topological polar surface area (TPSA) is 148 Å². The number of rotatable bonds is 5. The Morgan fingerprint density at radius 3 is 2.56 bits per heavy atom. The average molecular weight is 459 g/mol. The van der Waals surface area contributed by atoms with Crippen LogP contribution in [0.25, 0.3) is 0 Å². The number of nitrogens with one attached hydrogen (secondary N) is 3. The lowest BCUT2D eigenvalue weighted by Crippen LogP contribution is -2.71. The third kappa shape index (κ3) is 3.77. The van der Waals surface area contributed by atoms with Crippen molar-refractivity contribution in [3.05, 3.63) is 47.2 Å². The van der Waals surface area contributed by atoms with E-state index in [-0.39, 0.29) is 12.2 Å². The molecular formula is C20H21N5O6S. The Balaban J connectivity index is 1.51. The van der Waals surface area contributed by atoms with Gasteiger partial charge in [-0.25, -0.2) is 19.3 Å². The van der Waals surface area contributed by atoms with Gasteiger partial charge in [0.15, 0.2) is 0 Å². The van der Waals surface area contributed by atoms with Crippen LogP contribution in [0.2, 0.25) is 0 Å². The van der Waals surface area contributed by atoms with E-state index in [4.69, 9.17) is 0 Å². The average Bonchev–Trinajstić information content (AvgIpc) is 3.21. The number of aliphatic carboxylic acids is 1. The second-order valence-electron chi connectivity index (χ2n) is 7.51. The van der Waals surface area contributed by atoms with E-state index in [1.54, 1.807) is 37.3 Å². The molecular weight excluding hydrogens is 438 g/mol. The Labute approximate surface area is 187 Å². The van der Waals surface area contributed by atoms with E-state index in [0.29, 0.717) is 23.4 Å². The normalized spacial score (nSPS) is 23.2. The minimum atomic E-state index is -1.19. The van der Waals surface area contributed by atoms with Crippen LogP contribution in [0, 0.1) is 0 Å². The number of fused-ring (bicyclic) bond motifs is 1. The number of carboxylic acid groups (broad SMARTS) is 1. The molecule has 0 radical (unpaired) electrons. The van der Waals surface area contributed by atoms with Gasteiger partial charge in [-0.2, -0.15) is 0 Å². The van der Waals surface area contributed by atoms with Crippen LogP contribution in [0.15, 0.2) is 41.6 Å². The molecule has 3 atom stereocenters. The zero-order chi connectivity index (χ0) is 23.0. The van der Waals surface area contributed by atoms with E-state index in [2.05, 4.69) is 16.0 Å². The molecule has 0 unspecified atom stereocenters. The Kier molecular flexibility index (Phi) is 5.78. The molecule has 2 fully saturated rings. The number of carbonyl (C=O) groups excluding carboxylic acids is 4. The third-order valence-corrected chi connectivity index (χ3v) is 6.85. The fourth-order valence-electron chi connectivity index (χ4n) is 3.82. The van der Waals surface area contributed by atoms with Crippen molar-refractivity contribution < 1.29 is 29.1 Å². The van der Waals surface area contributed by atoms with Gasteiger partial charge in [-0.05, 0) is 18.1 Å². The maximum absolute atomic E-state index is 13.1. The van der Waals surface area contributed by atoms with Gasteiger partial charge in [-0.3, -0.25) is 14.5 Å². The second-order valence-corrected chi connectivity index (χ2v) is 8.61. The van der Waals surface area contributed by atoms with Gasteiger partial charge in [0.2, 0.25) is 5.91 Å². The molecule has 1 aromatic carbocycles. The number of amides is 6. The van der Waals surface area contributed by atoms with Crippen molar-refractivity contribution in [2.75, 3.05) is 18.8 Å². The second kappa shape index (κ2) is 8.54. The Bertz CT molecular complexity index is 1030. The van der Waals surface area contributed by atoms with Crippen molar-refractivity contribution in [3.63, 3.8) is 0 Å². The SMILES string of the molecule is CC1=C(C(=O)O)N2C(=O)[C@@H](NC(=O)[C@H](NC(=O)N3CCNC3=O)c3ccccc3)[C@@H]2SC1. The molecule has 12 heteroatoms. The third-order valence-electron chi connectivity index (χ3n) is 5.42. The van der Waals surface area contributed by atoms with Gasteiger partial charge in [-0.1, -0.05) is 30.3 Å². The first-order chi connectivity index (χ1) is 15.3. The molecule has 2 saturated heterocycles. The quantitative estimate of drug-likeness (QED) is 0.461. The predicted molar refractivity (Wildman–Crippen MR) is 113 cm³/mol. The predicted octanol–water partition coefficient (Wildman–Crippen LogP) is 0.221. The number of hydrogen-bond acceptors (Lipinski definition) is 6. The summed E-state index contributed by atoms with van der Waals surface area (Å²) < 4.78 is 0. The zero-order valence-electron chi connectivity index (χ0n) is 17.0. The standard InChI is InChI=1S/C20H21N5O6S/c1-10-9-32-17-13(16(27)25(17)14(10)18(28)29)22-15(26)12(11-5-3-2-4-6-11)23-20(31)24-8-7-21-19(24)30/h2-6,12-13,17H,7-9H2,1H3,(H,21,30)(H,22,26)(H,23,31)(H,28,29)/t12-,13-,17+/m1/s1. The number of urea groups is 2. The molecule has 6 amide bonds. The highest BCUT2D eigenvalue weighted by molar-refractivity contribution is 8.00. The van der Waals surface area contributed by atoms with E-state index in [9.17, 15) is 29.1 Å². The molecule has 4 N–H and O–H groups in total. The van der Waals surface area contributed by atoms with Gasteiger partial charge in [0.05, 0.1) is 0 Å². The lowest BCUT2D eigenvalue weighted by molar-refractivity contribution is -0.151. The minimum Gasteiger partial charge on any atom is -0.477 e. The molecule has 11 nitrogen and oxygen atoms in total. The molecule has 0 aromatic heterocycles. The van der Waals surface area contributed by atoms with Crippen LogP contribution < -0.4 is 16.0 Å². The molecule has 3 aliphatic heterocycles. The molecule has 3 aliphatic rings. The van der Waals surface area contributed by atoms with E-state index in [1.165, 1.54) is 16.7 Å². The van der Waals surface area contributed by atoms with Gasteiger partial charge in [-0.15, -0.1) is 11.8 Å². The Morgan fingerprint density at radius 2 is 1.94 bits per heavy atom. The summed E-state index contributed by atoms with van der Waals surface area (Å²) in [7, 11) is 0. The maximum atomic E-state index is 13.1. The van der Waals surface area contributed by atoms with Crippen molar-refractivity contribution in [3.8, 4) is 0 Å². The number of carboxylic acids is 1. The van der Waals surface area contributed by atoms with Crippen LogP contribution in [-0.4, -0.2) is 75.0 Å². The van der Waals surface area contributed by atoms with Gasteiger partial charge in [0.25, 0.3) is 5.91 Å². The first-order valence-corrected chi connectivity index (χ1v) is 10.9. The van der Waals surface area contributed by atoms with Crippen LogP contribution in [-0.2, 0) is 14.4 Å². The molecule has 32 heavy (non-hydrogen) atoms. The molecule has 0 spiro atoms.